The maximum absolute atomic E-state index is 11.8. The van der Waals surface area contributed by atoms with Gasteiger partial charge in [0, 0.05) is 25.5 Å². The van der Waals surface area contributed by atoms with E-state index in [9.17, 15) is 4.79 Å². The predicted molar refractivity (Wildman–Crippen MR) is 65.6 cm³/mol. The van der Waals surface area contributed by atoms with Crippen molar-refractivity contribution in [2.24, 2.45) is 0 Å². The van der Waals surface area contributed by atoms with Gasteiger partial charge in [0.15, 0.2) is 0 Å². The van der Waals surface area contributed by atoms with Crippen molar-refractivity contribution < 1.29 is 4.79 Å². The fraction of sp³-hybridized carbons (Fsp3) is 0.455. The van der Waals surface area contributed by atoms with Gasteiger partial charge in [0.1, 0.15) is 11.2 Å². The number of halogens is 1. The highest BCUT2D eigenvalue weighted by Gasteiger charge is 2.15. The van der Waals surface area contributed by atoms with Gasteiger partial charge in [0.05, 0.1) is 0 Å². The second-order valence-electron chi connectivity index (χ2n) is 3.59. The van der Waals surface area contributed by atoms with E-state index < -0.39 is 0 Å². The van der Waals surface area contributed by atoms with Crippen LogP contribution < -0.4 is 5.32 Å². The molecule has 4 nitrogen and oxygen atoms in total. The molecule has 1 unspecified atom stereocenters. The highest BCUT2D eigenvalue weighted by Crippen LogP contribution is 2.13. The SMILES string of the molecule is CCN(C)C(=O)C(C)Nc1ccnc(Cl)c1. The first-order valence-corrected chi connectivity index (χ1v) is 5.55. The number of likely N-dealkylation sites (N-methyl/N-ethyl adjacent to an activating group) is 1. The van der Waals surface area contributed by atoms with Crippen LogP contribution in [0.1, 0.15) is 13.8 Å². The van der Waals surface area contributed by atoms with Crippen LogP contribution in [0.3, 0.4) is 0 Å². The van der Waals surface area contributed by atoms with Gasteiger partial charge in [0.25, 0.3) is 0 Å². The molecule has 16 heavy (non-hydrogen) atoms. The third-order valence-electron chi connectivity index (χ3n) is 2.33. The second-order valence-corrected chi connectivity index (χ2v) is 3.97. The van der Waals surface area contributed by atoms with E-state index in [0.717, 1.165) is 5.69 Å². The number of hydrogen-bond acceptors (Lipinski definition) is 3. The number of rotatable bonds is 4. The number of anilines is 1. The molecule has 0 aliphatic rings. The largest absolute Gasteiger partial charge is 0.374 e. The van der Waals surface area contributed by atoms with Gasteiger partial charge in [-0.15, -0.1) is 0 Å². The molecule has 1 amide bonds. The molecule has 88 valence electrons. The lowest BCUT2D eigenvalue weighted by atomic mass is 10.2. The Morgan fingerprint density at radius 2 is 2.38 bits per heavy atom. The Morgan fingerprint density at radius 1 is 1.69 bits per heavy atom. The monoisotopic (exact) mass is 241 g/mol. The summed E-state index contributed by atoms with van der Waals surface area (Å²) in [5, 5.41) is 3.49. The first-order chi connectivity index (χ1) is 7.54. The van der Waals surface area contributed by atoms with Crippen molar-refractivity contribution in [2.45, 2.75) is 19.9 Å². The number of pyridine rings is 1. The lowest BCUT2D eigenvalue weighted by molar-refractivity contribution is -0.130. The third-order valence-corrected chi connectivity index (χ3v) is 2.54. The van der Waals surface area contributed by atoms with Gasteiger partial charge in [0.2, 0.25) is 5.91 Å². The van der Waals surface area contributed by atoms with E-state index in [1.165, 1.54) is 0 Å². The summed E-state index contributed by atoms with van der Waals surface area (Å²) in [6, 6.07) is 3.20. The molecular weight excluding hydrogens is 226 g/mol. The Labute approximate surface area is 101 Å². The molecule has 1 rings (SSSR count). The molecule has 0 bridgehead atoms. The molecular formula is C11H16ClN3O. The average Bonchev–Trinajstić information content (AvgIpc) is 2.27. The van der Waals surface area contributed by atoms with Gasteiger partial charge in [-0.05, 0) is 26.0 Å². The number of aromatic nitrogens is 1. The average molecular weight is 242 g/mol. The van der Waals surface area contributed by atoms with Crippen LogP contribution in [-0.4, -0.2) is 35.4 Å². The summed E-state index contributed by atoms with van der Waals surface area (Å²) < 4.78 is 0. The number of carbonyl (C=O) groups excluding carboxylic acids is 1. The summed E-state index contributed by atoms with van der Waals surface area (Å²) in [5.41, 5.74) is 0.797. The summed E-state index contributed by atoms with van der Waals surface area (Å²) in [7, 11) is 1.78. The van der Waals surface area contributed by atoms with Crippen molar-refractivity contribution in [1.29, 1.82) is 0 Å². The number of nitrogens with zero attached hydrogens (tertiary/aromatic N) is 2. The fourth-order valence-corrected chi connectivity index (χ4v) is 1.46. The van der Waals surface area contributed by atoms with Gasteiger partial charge in [-0.3, -0.25) is 4.79 Å². The minimum atomic E-state index is -0.275. The molecule has 1 heterocycles. The number of amides is 1. The highest BCUT2D eigenvalue weighted by atomic mass is 35.5. The molecule has 0 aliphatic heterocycles. The van der Waals surface area contributed by atoms with Crippen LogP contribution in [0.25, 0.3) is 0 Å². The molecule has 1 aromatic heterocycles. The van der Waals surface area contributed by atoms with Crippen molar-refractivity contribution in [2.75, 3.05) is 18.9 Å². The minimum absolute atomic E-state index is 0.0513. The highest BCUT2D eigenvalue weighted by molar-refractivity contribution is 6.29. The van der Waals surface area contributed by atoms with Crippen LogP contribution in [-0.2, 0) is 4.79 Å². The first-order valence-electron chi connectivity index (χ1n) is 5.17. The van der Waals surface area contributed by atoms with Crippen LogP contribution in [0.15, 0.2) is 18.3 Å². The molecule has 1 aromatic rings. The summed E-state index contributed by atoms with van der Waals surface area (Å²) in [4.78, 5) is 17.3. The van der Waals surface area contributed by atoms with Crippen LogP contribution in [0.2, 0.25) is 5.15 Å². The van der Waals surface area contributed by atoms with Gasteiger partial charge in [-0.2, -0.15) is 0 Å². The Bertz CT molecular complexity index is 370. The summed E-state index contributed by atoms with van der Waals surface area (Å²) in [5.74, 6) is 0.0513. The molecule has 0 aliphatic carbocycles. The maximum Gasteiger partial charge on any atom is 0.244 e. The summed E-state index contributed by atoms with van der Waals surface area (Å²) >= 11 is 5.75. The molecule has 5 heteroatoms. The van der Waals surface area contributed by atoms with Crippen molar-refractivity contribution in [3.05, 3.63) is 23.5 Å². The van der Waals surface area contributed by atoms with E-state index in [4.69, 9.17) is 11.6 Å². The minimum Gasteiger partial charge on any atom is -0.374 e. The van der Waals surface area contributed by atoms with Crippen LogP contribution >= 0.6 is 11.6 Å². The summed E-state index contributed by atoms with van der Waals surface area (Å²) in [6.45, 7) is 4.46. The summed E-state index contributed by atoms with van der Waals surface area (Å²) in [6.07, 6.45) is 1.60. The molecule has 0 saturated carbocycles. The molecule has 0 fully saturated rings. The van der Waals surface area contributed by atoms with Crippen molar-refractivity contribution in [3.8, 4) is 0 Å². The number of nitrogens with one attached hydrogen (secondary N) is 1. The van der Waals surface area contributed by atoms with Crippen LogP contribution in [0.4, 0.5) is 5.69 Å². The Hall–Kier alpha value is -1.29. The van der Waals surface area contributed by atoms with E-state index in [-0.39, 0.29) is 11.9 Å². The Balaban J connectivity index is 2.64. The van der Waals surface area contributed by atoms with E-state index in [0.29, 0.717) is 11.7 Å². The second kappa shape index (κ2) is 5.70. The lowest BCUT2D eigenvalue weighted by Gasteiger charge is -2.21. The van der Waals surface area contributed by atoms with Crippen molar-refractivity contribution in [3.63, 3.8) is 0 Å². The molecule has 0 saturated heterocycles. The van der Waals surface area contributed by atoms with Gasteiger partial charge < -0.3 is 10.2 Å². The molecule has 1 atom stereocenters. The Kier molecular flexibility index (Phi) is 4.55. The van der Waals surface area contributed by atoms with E-state index in [1.54, 1.807) is 30.3 Å². The van der Waals surface area contributed by atoms with Crippen LogP contribution in [0.5, 0.6) is 0 Å². The number of carbonyl (C=O) groups is 1. The van der Waals surface area contributed by atoms with Crippen molar-refractivity contribution in [1.82, 2.24) is 9.88 Å². The van der Waals surface area contributed by atoms with E-state index in [2.05, 4.69) is 10.3 Å². The van der Waals surface area contributed by atoms with Gasteiger partial charge >= 0.3 is 0 Å². The third kappa shape index (κ3) is 3.38. The zero-order valence-electron chi connectivity index (χ0n) is 9.70. The van der Waals surface area contributed by atoms with E-state index in [1.807, 2.05) is 13.8 Å². The topological polar surface area (TPSA) is 45.2 Å². The zero-order chi connectivity index (χ0) is 12.1. The van der Waals surface area contributed by atoms with Gasteiger partial charge in [-0.1, -0.05) is 11.6 Å². The van der Waals surface area contributed by atoms with Gasteiger partial charge in [-0.25, -0.2) is 4.98 Å². The molecule has 0 spiro atoms. The predicted octanol–water partition coefficient (Wildman–Crippen LogP) is 2.01. The Morgan fingerprint density at radius 3 is 2.94 bits per heavy atom. The first kappa shape index (κ1) is 12.8. The standard InChI is InChI=1S/C11H16ClN3O/c1-4-15(3)11(16)8(2)14-9-5-6-13-10(12)7-9/h5-8H,4H2,1-3H3,(H,13,14). The number of hydrogen-bond donors (Lipinski definition) is 1. The normalized spacial score (nSPS) is 12.0. The van der Waals surface area contributed by atoms with Crippen LogP contribution in [0, 0.1) is 0 Å². The molecule has 1 N–H and O–H groups in total. The smallest absolute Gasteiger partial charge is 0.244 e. The fourth-order valence-electron chi connectivity index (χ4n) is 1.29. The quantitative estimate of drug-likeness (QED) is 0.821. The zero-order valence-corrected chi connectivity index (χ0v) is 10.5. The van der Waals surface area contributed by atoms with Crippen molar-refractivity contribution >= 4 is 23.2 Å². The lowest BCUT2D eigenvalue weighted by Crippen LogP contribution is -2.38. The van der Waals surface area contributed by atoms with E-state index >= 15 is 0 Å². The molecule has 0 radical (unpaired) electrons. The molecule has 0 aromatic carbocycles. The maximum atomic E-state index is 11.8.